The summed E-state index contributed by atoms with van der Waals surface area (Å²) in [6.45, 7) is 1.27. The quantitative estimate of drug-likeness (QED) is 0.719. The highest BCUT2D eigenvalue weighted by Gasteiger charge is 2.13. The van der Waals surface area contributed by atoms with Gasteiger partial charge in [0, 0.05) is 29.9 Å². The Labute approximate surface area is 140 Å². The number of hydrogen-bond donors (Lipinski definition) is 0. The fourth-order valence-corrected chi connectivity index (χ4v) is 2.56. The van der Waals surface area contributed by atoms with E-state index in [-0.39, 0.29) is 5.56 Å². The van der Waals surface area contributed by atoms with Crippen molar-refractivity contribution >= 4 is 10.8 Å². The summed E-state index contributed by atoms with van der Waals surface area (Å²) >= 11 is 0. The maximum absolute atomic E-state index is 12.8. The fraction of sp³-hybridized carbons (Fsp3) is 0.278. The largest absolute Gasteiger partial charge is 0.497 e. The average molecular weight is 324 g/mol. The minimum absolute atomic E-state index is 0.0905. The Bertz CT molecular complexity index is 904. The van der Waals surface area contributed by atoms with Crippen molar-refractivity contribution in [2.75, 3.05) is 27.7 Å². The van der Waals surface area contributed by atoms with Crippen LogP contribution in [0.15, 0.2) is 47.5 Å². The van der Waals surface area contributed by atoms with Gasteiger partial charge in [0.2, 0.25) is 0 Å². The van der Waals surface area contributed by atoms with Gasteiger partial charge < -0.3 is 9.64 Å². The van der Waals surface area contributed by atoms with E-state index in [1.807, 2.05) is 37.2 Å². The zero-order valence-corrected chi connectivity index (χ0v) is 14.1. The van der Waals surface area contributed by atoms with Gasteiger partial charge in [-0.25, -0.2) is 4.68 Å². The Balaban J connectivity index is 2.25. The smallest absolute Gasteiger partial charge is 0.274 e. The molecule has 0 saturated heterocycles. The Morgan fingerprint density at radius 2 is 1.88 bits per heavy atom. The third kappa shape index (κ3) is 3.14. The molecule has 2 aromatic heterocycles. The Morgan fingerprint density at radius 3 is 2.54 bits per heavy atom. The molecule has 2 heterocycles. The minimum atomic E-state index is -0.0905. The lowest BCUT2D eigenvalue weighted by Gasteiger charge is -2.14. The predicted molar refractivity (Wildman–Crippen MR) is 94.3 cm³/mol. The molecule has 3 rings (SSSR count). The maximum Gasteiger partial charge on any atom is 0.274 e. The molecule has 1 aromatic carbocycles. The topological polar surface area (TPSA) is 60.2 Å². The van der Waals surface area contributed by atoms with Gasteiger partial charge >= 0.3 is 0 Å². The summed E-state index contributed by atoms with van der Waals surface area (Å²) in [7, 11) is 5.56. The number of ether oxygens (including phenoxy) is 1. The van der Waals surface area contributed by atoms with Gasteiger partial charge in [0.15, 0.2) is 0 Å². The van der Waals surface area contributed by atoms with Crippen LogP contribution in [0.2, 0.25) is 0 Å². The van der Waals surface area contributed by atoms with Gasteiger partial charge in [0.25, 0.3) is 5.56 Å². The summed E-state index contributed by atoms with van der Waals surface area (Å²) in [5.41, 5.74) is 1.58. The van der Waals surface area contributed by atoms with Gasteiger partial charge in [-0.3, -0.25) is 9.78 Å². The molecule has 0 atom stereocenters. The highest BCUT2D eigenvalue weighted by molar-refractivity contribution is 5.94. The van der Waals surface area contributed by atoms with Crippen LogP contribution in [0.3, 0.4) is 0 Å². The van der Waals surface area contributed by atoms with Gasteiger partial charge in [-0.1, -0.05) is 0 Å². The molecule has 124 valence electrons. The number of pyridine rings is 1. The summed E-state index contributed by atoms with van der Waals surface area (Å²) in [5, 5.41) is 6.03. The van der Waals surface area contributed by atoms with E-state index >= 15 is 0 Å². The molecule has 3 aromatic rings. The van der Waals surface area contributed by atoms with E-state index in [0.29, 0.717) is 17.7 Å². The number of benzene rings is 1. The molecule has 0 bridgehead atoms. The fourth-order valence-electron chi connectivity index (χ4n) is 2.56. The van der Waals surface area contributed by atoms with Gasteiger partial charge in [-0.15, -0.1) is 0 Å². The second-order valence-electron chi connectivity index (χ2n) is 5.83. The number of nitrogens with zero attached hydrogens (tertiary/aromatic N) is 4. The zero-order chi connectivity index (χ0) is 17.1. The first-order chi connectivity index (χ1) is 11.6. The summed E-state index contributed by atoms with van der Waals surface area (Å²) in [6, 6.07) is 9.24. The Kier molecular flexibility index (Phi) is 4.57. The number of aromatic nitrogens is 3. The summed E-state index contributed by atoms with van der Waals surface area (Å²) in [4.78, 5) is 18.8. The second kappa shape index (κ2) is 6.80. The number of rotatable bonds is 5. The normalized spacial score (nSPS) is 11.2. The van der Waals surface area contributed by atoms with Crippen LogP contribution < -0.4 is 10.3 Å². The lowest BCUT2D eigenvalue weighted by molar-refractivity contribution is 0.369. The molecule has 0 spiro atoms. The predicted octanol–water partition coefficient (Wildman–Crippen LogP) is 2.03. The summed E-state index contributed by atoms with van der Waals surface area (Å²) in [6.07, 6.45) is 3.44. The molecular weight excluding hydrogens is 304 g/mol. The van der Waals surface area contributed by atoms with Crippen molar-refractivity contribution in [2.24, 2.45) is 0 Å². The standard InChI is InChI=1S/C18H20N4O2/c1-21(2)10-11-22-18(23)15-5-4-14(24-3)12-16(15)17(20-22)13-6-8-19-9-7-13/h4-9,12H,10-11H2,1-3H3. The van der Waals surface area contributed by atoms with Crippen LogP contribution in [0.5, 0.6) is 5.75 Å². The molecular formula is C18H20N4O2. The van der Waals surface area contributed by atoms with Crippen LogP contribution in [0, 0.1) is 0 Å². The number of likely N-dealkylation sites (N-methyl/N-ethyl adjacent to an activating group) is 1. The molecule has 6 heteroatoms. The van der Waals surface area contributed by atoms with Crippen LogP contribution in [-0.2, 0) is 6.54 Å². The molecule has 0 saturated carbocycles. The van der Waals surface area contributed by atoms with Crippen molar-refractivity contribution in [1.82, 2.24) is 19.7 Å². The van der Waals surface area contributed by atoms with Gasteiger partial charge in [0.1, 0.15) is 5.75 Å². The Morgan fingerprint density at radius 1 is 1.12 bits per heavy atom. The molecule has 0 aliphatic carbocycles. The van der Waals surface area contributed by atoms with E-state index in [1.165, 1.54) is 4.68 Å². The SMILES string of the molecule is COc1ccc2c(=O)n(CCN(C)C)nc(-c3ccncc3)c2c1. The first-order valence-electron chi connectivity index (χ1n) is 7.74. The van der Waals surface area contributed by atoms with Crippen LogP contribution in [0.25, 0.3) is 22.0 Å². The number of fused-ring (bicyclic) bond motifs is 1. The molecule has 0 amide bonds. The maximum atomic E-state index is 12.8. The molecule has 0 fully saturated rings. The van der Waals surface area contributed by atoms with Crippen molar-refractivity contribution in [3.8, 4) is 17.0 Å². The van der Waals surface area contributed by atoms with Crippen molar-refractivity contribution in [3.63, 3.8) is 0 Å². The molecule has 0 unspecified atom stereocenters. The third-order valence-corrected chi connectivity index (χ3v) is 3.88. The Hall–Kier alpha value is -2.73. The summed E-state index contributed by atoms with van der Waals surface area (Å²) < 4.78 is 6.84. The van der Waals surface area contributed by atoms with Gasteiger partial charge in [-0.2, -0.15) is 5.10 Å². The van der Waals surface area contributed by atoms with Crippen LogP contribution in [-0.4, -0.2) is 47.4 Å². The van der Waals surface area contributed by atoms with Gasteiger partial charge in [0.05, 0.1) is 24.7 Å². The highest BCUT2D eigenvalue weighted by Crippen LogP contribution is 2.27. The van der Waals surface area contributed by atoms with E-state index in [0.717, 1.165) is 23.2 Å². The van der Waals surface area contributed by atoms with E-state index < -0.39 is 0 Å². The third-order valence-electron chi connectivity index (χ3n) is 3.88. The summed E-state index contributed by atoms with van der Waals surface area (Å²) in [5.74, 6) is 0.699. The number of hydrogen-bond acceptors (Lipinski definition) is 5. The first-order valence-corrected chi connectivity index (χ1v) is 7.74. The molecule has 6 nitrogen and oxygen atoms in total. The molecule has 0 radical (unpaired) electrons. The van der Waals surface area contributed by atoms with Crippen molar-refractivity contribution in [1.29, 1.82) is 0 Å². The van der Waals surface area contributed by atoms with E-state index in [9.17, 15) is 4.79 Å². The first kappa shape index (κ1) is 16.1. The van der Waals surface area contributed by atoms with E-state index in [4.69, 9.17) is 4.74 Å². The minimum Gasteiger partial charge on any atom is -0.497 e. The van der Waals surface area contributed by atoms with Crippen LogP contribution >= 0.6 is 0 Å². The highest BCUT2D eigenvalue weighted by atomic mass is 16.5. The zero-order valence-electron chi connectivity index (χ0n) is 14.1. The molecule has 0 aliphatic rings. The van der Waals surface area contributed by atoms with Crippen molar-refractivity contribution in [3.05, 3.63) is 53.1 Å². The molecule has 0 N–H and O–H groups in total. The second-order valence-corrected chi connectivity index (χ2v) is 5.83. The monoisotopic (exact) mass is 324 g/mol. The van der Waals surface area contributed by atoms with Crippen molar-refractivity contribution in [2.45, 2.75) is 6.54 Å². The van der Waals surface area contributed by atoms with E-state index in [2.05, 4.69) is 10.1 Å². The van der Waals surface area contributed by atoms with E-state index in [1.54, 1.807) is 31.6 Å². The lowest BCUT2D eigenvalue weighted by Crippen LogP contribution is -2.29. The average Bonchev–Trinajstić information content (AvgIpc) is 2.61. The van der Waals surface area contributed by atoms with Crippen LogP contribution in [0.4, 0.5) is 0 Å². The number of methoxy groups -OCH3 is 1. The molecule has 24 heavy (non-hydrogen) atoms. The lowest BCUT2D eigenvalue weighted by atomic mass is 10.1. The van der Waals surface area contributed by atoms with Crippen molar-refractivity contribution < 1.29 is 4.74 Å². The molecule has 0 aliphatic heterocycles. The van der Waals surface area contributed by atoms with Gasteiger partial charge in [-0.05, 0) is 44.4 Å². The van der Waals surface area contributed by atoms with Crippen LogP contribution in [0.1, 0.15) is 0 Å².